The minimum Gasteiger partial charge on any atom is -0.444 e. The van der Waals surface area contributed by atoms with Crippen molar-refractivity contribution in [2.75, 3.05) is 26.2 Å². The first kappa shape index (κ1) is 19.5. The van der Waals surface area contributed by atoms with E-state index in [9.17, 15) is 4.79 Å². The number of carbonyl (C=O) groups is 1. The van der Waals surface area contributed by atoms with Crippen LogP contribution in [0.4, 0.5) is 4.79 Å². The fraction of sp³-hybridized carbons (Fsp3) is 0.938. The molecule has 1 atom stereocenters. The maximum absolute atomic E-state index is 12.4. The molecule has 1 heterocycles. The molecule has 1 N–H and O–H groups in total. The van der Waals surface area contributed by atoms with E-state index in [4.69, 9.17) is 9.16 Å². The topological polar surface area (TPSA) is 50.8 Å². The summed E-state index contributed by atoms with van der Waals surface area (Å²) < 4.78 is 11.8. The average molecular weight is 331 g/mol. The first-order valence-corrected chi connectivity index (χ1v) is 11.1. The number of nitrogens with zero attached hydrogens (tertiary/aromatic N) is 1. The quantitative estimate of drug-likeness (QED) is 0.807. The van der Waals surface area contributed by atoms with Crippen LogP contribution in [0.5, 0.6) is 0 Å². The van der Waals surface area contributed by atoms with Crippen molar-refractivity contribution >= 4 is 14.4 Å². The lowest BCUT2D eigenvalue weighted by molar-refractivity contribution is 0.00550. The second kappa shape index (κ2) is 6.89. The van der Waals surface area contributed by atoms with Crippen LogP contribution in [0.3, 0.4) is 0 Å². The fourth-order valence-electron chi connectivity index (χ4n) is 1.99. The van der Waals surface area contributed by atoms with Crippen LogP contribution in [-0.4, -0.2) is 57.2 Å². The zero-order valence-electron chi connectivity index (χ0n) is 15.6. The summed E-state index contributed by atoms with van der Waals surface area (Å²) in [6.45, 7) is 19.6. The number of ether oxygens (including phenoxy) is 1. The van der Waals surface area contributed by atoms with E-state index < -0.39 is 13.9 Å². The van der Waals surface area contributed by atoms with Gasteiger partial charge in [0.25, 0.3) is 0 Å². The maximum Gasteiger partial charge on any atom is 0.410 e. The third-order valence-corrected chi connectivity index (χ3v) is 8.92. The third-order valence-electron chi connectivity index (χ3n) is 4.42. The Hall–Kier alpha value is -0.593. The summed E-state index contributed by atoms with van der Waals surface area (Å²) >= 11 is 0. The van der Waals surface area contributed by atoms with Gasteiger partial charge in [0, 0.05) is 19.6 Å². The summed E-state index contributed by atoms with van der Waals surface area (Å²) in [5, 5.41) is 3.52. The Morgan fingerprint density at radius 2 is 1.82 bits per heavy atom. The van der Waals surface area contributed by atoms with Crippen LogP contribution in [0.15, 0.2) is 0 Å². The lowest BCUT2D eigenvalue weighted by atomic mass is 10.2. The number of nitrogens with one attached hydrogen (secondary N) is 1. The molecular formula is C16H34N2O3Si. The van der Waals surface area contributed by atoms with E-state index >= 15 is 0 Å². The van der Waals surface area contributed by atoms with Gasteiger partial charge < -0.3 is 19.4 Å². The zero-order chi connectivity index (χ0) is 17.2. The van der Waals surface area contributed by atoms with Crippen LogP contribution in [0.2, 0.25) is 18.1 Å². The molecule has 6 heteroatoms. The minimum atomic E-state index is -1.81. The van der Waals surface area contributed by atoms with Gasteiger partial charge in [-0.25, -0.2) is 4.79 Å². The SMILES string of the molecule is CC(C)(C)OC(=O)N1CCNCC1CO[Si](C)(C)C(C)(C)C. The summed E-state index contributed by atoms with van der Waals surface area (Å²) in [4.78, 5) is 14.2. The van der Waals surface area contributed by atoms with Crippen molar-refractivity contribution in [3.63, 3.8) is 0 Å². The van der Waals surface area contributed by atoms with Crippen molar-refractivity contribution in [3.8, 4) is 0 Å². The molecule has 0 radical (unpaired) electrons. The Bertz CT molecular complexity index is 386. The zero-order valence-corrected chi connectivity index (χ0v) is 16.6. The first-order valence-electron chi connectivity index (χ1n) is 8.18. The highest BCUT2D eigenvalue weighted by atomic mass is 28.4. The Labute approximate surface area is 136 Å². The molecule has 0 bridgehead atoms. The van der Waals surface area contributed by atoms with Gasteiger partial charge in [-0.15, -0.1) is 0 Å². The minimum absolute atomic E-state index is 0.0396. The highest BCUT2D eigenvalue weighted by Gasteiger charge is 2.39. The summed E-state index contributed by atoms with van der Waals surface area (Å²) in [7, 11) is -1.81. The number of carbonyl (C=O) groups excluding carboxylic acids is 1. The molecular weight excluding hydrogens is 296 g/mol. The van der Waals surface area contributed by atoms with Gasteiger partial charge in [-0.2, -0.15) is 0 Å². The molecule has 0 spiro atoms. The molecule has 1 saturated heterocycles. The Kier molecular flexibility index (Phi) is 6.09. The van der Waals surface area contributed by atoms with Gasteiger partial charge in [0.1, 0.15) is 5.60 Å². The van der Waals surface area contributed by atoms with E-state index in [0.717, 1.165) is 13.1 Å². The summed E-state index contributed by atoms with van der Waals surface area (Å²) in [5.41, 5.74) is -0.465. The van der Waals surface area contributed by atoms with E-state index in [2.05, 4.69) is 39.2 Å². The van der Waals surface area contributed by atoms with Crippen LogP contribution >= 0.6 is 0 Å². The monoisotopic (exact) mass is 330 g/mol. The summed E-state index contributed by atoms with van der Waals surface area (Å²) in [6, 6.07) is 0.0396. The van der Waals surface area contributed by atoms with Gasteiger partial charge in [-0.1, -0.05) is 20.8 Å². The predicted octanol–water partition coefficient (Wildman–Crippen LogP) is 3.22. The lowest BCUT2D eigenvalue weighted by Crippen LogP contribution is -2.57. The molecule has 22 heavy (non-hydrogen) atoms. The molecule has 0 aromatic heterocycles. The van der Waals surface area contributed by atoms with Gasteiger partial charge in [0.2, 0.25) is 0 Å². The number of piperazine rings is 1. The van der Waals surface area contributed by atoms with Gasteiger partial charge in [0.05, 0.1) is 12.6 Å². The normalized spacial score (nSPS) is 20.9. The predicted molar refractivity (Wildman–Crippen MR) is 92.7 cm³/mol. The van der Waals surface area contributed by atoms with Crippen molar-refractivity contribution in [1.29, 1.82) is 0 Å². The van der Waals surface area contributed by atoms with Gasteiger partial charge >= 0.3 is 6.09 Å². The number of rotatable bonds is 3. The Morgan fingerprint density at radius 1 is 1.23 bits per heavy atom. The Morgan fingerprint density at radius 3 is 2.32 bits per heavy atom. The molecule has 0 aromatic carbocycles. The van der Waals surface area contributed by atoms with Crippen molar-refractivity contribution in [1.82, 2.24) is 10.2 Å². The molecule has 1 fully saturated rings. The van der Waals surface area contributed by atoms with E-state index in [1.54, 1.807) is 0 Å². The van der Waals surface area contributed by atoms with Crippen molar-refractivity contribution in [2.24, 2.45) is 0 Å². The summed E-state index contributed by atoms with van der Waals surface area (Å²) in [5.74, 6) is 0. The van der Waals surface area contributed by atoms with Crippen molar-refractivity contribution in [2.45, 2.75) is 71.3 Å². The average Bonchev–Trinajstić information content (AvgIpc) is 2.33. The van der Waals surface area contributed by atoms with Gasteiger partial charge in [-0.3, -0.25) is 0 Å². The second-order valence-corrected chi connectivity index (χ2v) is 13.4. The number of hydrogen-bond acceptors (Lipinski definition) is 4. The van der Waals surface area contributed by atoms with Crippen LogP contribution in [0.25, 0.3) is 0 Å². The van der Waals surface area contributed by atoms with Crippen LogP contribution < -0.4 is 5.32 Å². The third kappa shape index (κ3) is 5.55. The molecule has 0 aromatic rings. The Balaban J connectivity index is 2.68. The van der Waals surface area contributed by atoms with Gasteiger partial charge in [-0.05, 0) is 38.9 Å². The molecule has 0 aliphatic carbocycles. The van der Waals surface area contributed by atoms with E-state index in [1.807, 2.05) is 25.7 Å². The summed E-state index contributed by atoms with van der Waals surface area (Å²) in [6.07, 6.45) is -0.238. The number of amides is 1. The molecule has 1 rings (SSSR count). The molecule has 0 saturated carbocycles. The molecule has 1 amide bonds. The van der Waals surface area contributed by atoms with E-state index in [-0.39, 0.29) is 17.2 Å². The van der Waals surface area contributed by atoms with Crippen LogP contribution in [-0.2, 0) is 9.16 Å². The molecule has 1 unspecified atom stereocenters. The first-order chi connectivity index (χ1) is 9.83. The van der Waals surface area contributed by atoms with Crippen LogP contribution in [0.1, 0.15) is 41.5 Å². The standard InChI is InChI=1S/C16H34N2O3Si/c1-15(2,3)21-14(19)18-10-9-17-11-13(18)12-20-22(7,8)16(4,5)6/h13,17H,9-12H2,1-8H3. The molecule has 130 valence electrons. The highest BCUT2D eigenvalue weighted by Crippen LogP contribution is 2.36. The maximum atomic E-state index is 12.4. The van der Waals surface area contributed by atoms with Crippen molar-refractivity contribution < 1.29 is 14.0 Å². The second-order valence-electron chi connectivity index (χ2n) is 8.60. The molecule has 1 aliphatic rings. The van der Waals surface area contributed by atoms with Gasteiger partial charge in [0.15, 0.2) is 8.32 Å². The lowest BCUT2D eigenvalue weighted by Gasteiger charge is -2.41. The van der Waals surface area contributed by atoms with Crippen molar-refractivity contribution in [3.05, 3.63) is 0 Å². The number of hydrogen-bond donors (Lipinski definition) is 1. The fourth-order valence-corrected chi connectivity index (χ4v) is 3.03. The smallest absolute Gasteiger partial charge is 0.410 e. The van der Waals surface area contributed by atoms with E-state index in [1.165, 1.54) is 0 Å². The van der Waals surface area contributed by atoms with E-state index in [0.29, 0.717) is 13.2 Å². The van der Waals surface area contributed by atoms with Crippen LogP contribution in [0, 0.1) is 0 Å². The molecule has 5 nitrogen and oxygen atoms in total. The molecule has 1 aliphatic heterocycles. The largest absolute Gasteiger partial charge is 0.444 e. The highest BCUT2D eigenvalue weighted by molar-refractivity contribution is 6.74.